The lowest BCUT2D eigenvalue weighted by Gasteiger charge is -2.17. The number of hydrogen-bond donors (Lipinski definition) is 1. The van der Waals surface area contributed by atoms with Gasteiger partial charge in [0.25, 0.3) is 5.91 Å². The van der Waals surface area contributed by atoms with Crippen molar-refractivity contribution in [1.29, 1.82) is 0 Å². The number of amides is 1. The number of carbonyl (C=O) groups excluding carboxylic acids is 1. The van der Waals surface area contributed by atoms with Crippen molar-refractivity contribution in [2.24, 2.45) is 0 Å². The van der Waals surface area contributed by atoms with Crippen LogP contribution in [-0.2, 0) is 4.74 Å². The van der Waals surface area contributed by atoms with E-state index >= 15 is 0 Å². The van der Waals surface area contributed by atoms with Crippen LogP contribution in [0.3, 0.4) is 0 Å². The summed E-state index contributed by atoms with van der Waals surface area (Å²) in [5, 5.41) is 2.92. The Kier molecular flexibility index (Phi) is 6.84. The van der Waals surface area contributed by atoms with Gasteiger partial charge in [0.2, 0.25) is 0 Å². The van der Waals surface area contributed by atoms with Gasteiger partial charge in [-0.25, -0.2) is 0 Å². The van der Waals surface area contributed by atoms with Gasteiger partial charge in [-0.3, -0.25) is 4.79 Å². The zero-order chi connectivity index (χ0) is 12.7. The molecule has 0 aliphatic carbocycles. The van der Waals surface area contributed by atoms with Gasteiger partial charge >= 0.3 is 0 Å². The fraction of sp³-hybridized carbons (Fsp3) is 0.417. The van der Waals surface area contributed by atoms with Gasteiger partial charge < -0.3 is 10.1 Å². The minimum Gasteiger partial charge on any atom is -0.383 e. The third-order valence-corrected chi connectivity index (χ3v) is 3.44. The Morgan fingerprint density at radius 2 is 2.24 bits per heavy atom. The van der Waals surface area contributed by atoms with Crippen LogP contribution in [0.15, 0.2) is 24.3 Å². The standard InChI is InChI=1S/C12H15ClINO2/c1-17-8-9(6-7-13)15-12(16)10-4-2-3-5-11(10)14/h2-5,9H,6-8H2,1H3,(H,15,16). The Bertz CT molecular complexity index is 367. The summed E-state index contributed by atoms with van der Waals surface area (Å²) >= 11 is 7.83. The van der Waals surface area contributed by atoms with E-state index < -0.39 is 0 Å². The second-order valence-corrected chi connectivity index (χ2v) is 5.12. The van der Waals surface area contributed by atoms with Crippen LogP contribution in [0.2, 0.25) is 0 Å². The van der Waals surface area contributed by atoms with Crippen molar-refractivity contribution >= 4 is 40.1 Å². The summed E-state index contributed by atoms with van der Waals surface area (Å²) in [5.74, 6) is 0.419. The molecule has 1 N–H and O–H groups in total. The molecular formula is C12H15ClINO2. The SMILES string of the molecule is COCC(CCCl)NC(=O)c1ccccc1I. The maximum Gasteiger partial charge on any atom is 0.252 e. The number of rotatable bonds is 6. The lowest BCUT2D eigenvalue weighted by Crippen LogP contribution is -2.38. The van der Waals surface area contributed by atoms with Crippen LogP contribution in [0.25, 0.3) is 0 Å². The summed E-state index contributed by atoms with van der Waals surface area (Å²) in [7, 11) is 1.61. The Labute approximate surface area is 120 Å². The molecule has 1 rings (SSSR count). The number of ether oxygens (including phenoxy) is 1. The molecule has 94 valence electrons. The molecule has 1 aromatic carbocycles. The van der Waals surface area contributed by atoms with Gasteiger partial charge in [0, 0.05) is 16.6 Å². The van der Waals surface area contributed by atoms with E-state index in [4.69, 9.17) is 16.3 Å². The molecular weight excluding hydrogens is 352 g/mol. The molecule has 0 aromatic heterocycles. The minimum atomic E-state index is -0.0813. The summed E-state index contributed by atoms with van der Waals surface area (Å²) in [6.45, 7) is 0.474. The van der Waals surface area contributed by atoms with Crippen LogP contribution in [0, 0.1) is 3.57 Å². The van der Waals surface area contributed by atoms with Gasteiger partial charge in [-0.15, -0.1) is 11.6 Å². The maximum absolute atomic E-state index is 12.0. The summed E-state index contributed by atoms with van der Waals surface area (Å²) < 4.78 is 5.98. The third kappa shape index (κ3) is 4.81. The Balaban J connectivity index is 2.67. The van der Waals surface area contributed by atoms with E-state index in [0.29, 0.717) is 24.5 Å². The molecule has 5 heteroatoms. The van der Waals surface area contributed by atoms with Gasteiger partial charge in [-0.1, -0.05) is 12.1 Å². The van der Waals surface area contributed by atoms with Crippen LogP contribution in [0.4, 0.5) is 0 Å². The zero-order valence-electron chi connectivity index (χ0n) is 9.58. The lowest BCUT2D eigenvalue weighted by atomic mass is 10.2. The second kappa shape index (κ2) is 7.89. The van der Waals surface area contributed by atoms with Crippen LogP contribution >= 0.6 is 34.2 Å². The molecule has 1 unspecified atom stereocenters. The van der Waals surface area contributed by atoms with E-state index in [1.807, 2.05) is 24.3 Å². The topological polar surface area (TPSA) is 38.3 Å². The maximum atomic E-state index is 12.0. The number of benzene rings is 1. The van der Waals surface area contributed by atoms with Crippen molar-refractivity contribution in [3.8, 4) is 0 Å². The summed E-state index contributed by atoms with van der Waals surface area (Å²) in [4.78, 5) is 12.0. The molecule has 1 atom stereocenters. The number of nitrogens with one attached hydrogen (secondary N) is 1. The van der Waals surface area contributed by atoms with Crippen molar-refractivity contribution in [3.63, 3.8) is 0 Å². The van der Waals surface area contributed by atoms with Gasteiger partial charge in [0.1, 0.15) is 0 Å². The molecule has 0 aliphatic heterocycles. The number of halogens is 2. The van der Waals surface area contributed by atoms with Crippen molar-refractivity contribution in [1.82, 2.24) is 5.32 Å². The first-order valence-electron chi connectivity index (χ1n) is 5.29. The molecule has 0 spiro atoms. The molecule has 0 bridgehead atoms. The molecule has 0 saturated carbocycles. The van der Waals surface area contributed by atoms with Gasteiger partial charge in [-0.2, -0.15) is 0 Å². The van der Waals surface area contributed by atoms with Crippen molar-refractivity contribution in [3.05, 3.63) is 33.4 Å². The lowest BCUT2D eigenvalue weighted by molar-refractivity contribution is 0.0894. The van der Waals surface area contributed by atoms with Crippen LogP contribution < -0.4 is 5.32 Å². The van der Waals surface area contributed by atoms with E-state index in [-0.39, 0.29) is 11.9 Å². The van der Waals surface area contributed by atoms with Crippen LogP contribution in [0.5, 0.6) is 0 Å². The van der Waals surface area contributed by atoms with E-state index in [2.05, 4.69) is 27.9 Å². The predicted molar refractivity (Wildman–Crippen MR) is 77.6 cm³/mol. The van der Waals surface area contributed by atoms with Crippen molar-refractivity contribution in [2.75, 3.05) is 19.6 Å². The highest BCUT2D eigenvalue weighted by molar-refractivity contribution is 14.1. The minimum absolute atomic E-state index is 0.0407. The highest BCUT2D eigenvalue weighted by Crippen LogP contribution is 2.11. The molecule has 0 heterocycles. The molecule has 17 heavy (non-hydrogen) atoms. The molecule has 0 fully saturated rings. The zero-order valence-corrected chi connectivity index (χ0v) is 12.5. The molecule has 1 aromatic rings. The van der Waals surface area contributed by atoms with E-state index in [1.54, 1.807) is 7.11 Å². The molecule has 0 aliphatic rings. The normalized spacial score (nSPS) is 12.2. The summed E-state index contributed by atoms with van der Waals surface area (Å²) in [5.41, 5.74) is 0.684. The summed E-state index contributed by atoms with van der Waals surface area (Å²) in [6, 6.07) is 7.43. The number of hydrogen-bond acceptors (Lipinski definition) is 2. The second-order valence-electron chi connectivity index (χ2n) is 3.58. The first-order valence-corrected chi connectivity index (χ1v) is 6.90. The van der Waals surface area contributed by atoms with E-state index in [0.717, 1.165) is 3.57 Å². The first-order chi connectivity index (χ1) is 8.19. The average molecular weight is 368 g/mol. The van der Waals surface area contributed by atoms with Crippen molar-refractivity contribution < 1.29 is 9.53 Å². The largest absolute Gasteiger partial charge is 0.383 e. The van der Waals surface area contributed by atoms with E-state index in [1.165, 1.54) is 0 Å². The Morgan fingerprint density at radius 1 is 1.53 bits per heavy atom. The highest BCUT2D eigenvalue weighted by atomic mass is 127. The fourth-order valence-electron chi connectivity index (χ4n) is 1.44. The fourth-order valence-corrected chi connectivity index (χ4v) is 2.33. The smallest absolute Gasteiger partial charge is 0.252 e. The van der Waals surface area contributed by atoms with Crippen LogP contribution in [-0.4, -0.2) is 31.5 Å². The van der Waals surface area contributed by atoms with Crippen LogP contribution in [0.1, 0.15) is 16.8 Å². The number of alkyl halides is 1. The monoisotopic (exact) mass is 367 g/mol. The Morgan fingerprint density at radius 3 is 2.82 bits per heavy atom. The third-order valence-electron chi connectivity index (χ3n) is 2.28. The van der Waals surface area contributed by atoms with Gasteiger partial charge in [0.15, 0.2) is 0 Å². The van der Waals surface area contributed by atoms with E-state index in [9.17, 15) is 4.79 Å². The summed E-state index contributed by atoms with van der Waals surface area (Å²) in [6.07, 6.45) is 0.699. The molecule has 1 amide bonds. The van der Waals surface area contributed by atoms with Gasteiger partial charge in [-0.05, 0) is 41.1 Å². The highest BCUT2D eigenvalue weighted by Gasteiger charge is 2.14. The molecule has 0 radical (unpaired) electrons. The molecule has 0 saturated heterocycles. The number of carbonyl (C=O) groups is 1. The van der Waals surface area contributed by atoms with Crippen molar-refractivity contribution in [2.45, 2.75) is 12.5 Å². The molecule has 3 nitrogen and oxygen atoms in total. The predicted octanol–water partition coefficient (Wildman–Crippen LogP) is 2.66. The first kappa shape index (κ1) is 14.7. The average Bonchev–Trinajstić information content (AvgIpc) is 2.30. The quantitative estimate of drug-likeness (QED) is 0.620. The Hall–Kier alpha value is -0.330. The van der Waals surface area contributed by atoms with Gasteiger partial charge in [0.05, 0.1) is 18.2 Å². The number of methoxy groups -OCH3 is 1.